The molecule has 0 saturated carbocycles. The van der Waals surface area contributed by atoms with Gasteiger partial charge in [0, 0.05) is 11.4 Å². The Balaban J connectivity index is 1.43. The molecule has 3 nitrogen and oxygen atoms in total. The summed E-state index contributed by atoms with van der Waals surface area (Å²) in [5, 5.41) is 21.3. The van der Waals surface area contributed by atoms with Gasteiger partial charge in [-0.1, -0.05) is 133 Å². The van der Waals surface area contributed by atoms with Crippen molar-refractivity contribution in [2.24, 2.45) is 0 Å². The van der Waals surface area contributed by atoms with Gasteiger partial charge in [0.15, 0.2) is 0 Å². The maximum atomic E-state index is 10.7. The molecule has 0 bridgehead atoms. The van der Waals surface area contributed by atoms with Crippen LogP contribution >= 0.6 is 0 Å². The van der Waals surface area contributed by atoms with E-state index >= 15 is 0 Å². The molecular weight excluding hydrogens is 501 g/mol. The molecule has 7 rings (SSSR count). The lowest BCUT2D eigenvalue weighted by Crippen LogP contribution is -2.36. The average molecular weight is 529 g/mol. The number of nitrogens with zero attached hydrogens (tertiary/aromatic N) is 1. The molecule has 0 aromatic heterocycles. The summed E-state index contributed by atoms with van der Waals surface area (Å²) in [6.07, 6.45) is 0. The third-order valence-electron chi connectivity index (χ3n) is 8.20. The predicted molar refractivity (Wildman–Crippen MR) is 168 cm³/mol. The Kier molecular flexibility index (Phi) is 6.28. The summed E-state index contributed by atoms with van der Waals surface area (Å²) in [7, 11) is -1.72. The fraction of sp³-hybridized carbons (Fsp3) is 0.0270. The van der Waals surface area contributed by atoms with Gasteiger partial charge in [0.2, 0.25) is 0 Å². The number of rotatable bonds is 6. The molecule has 6 aromatic carbocycles. The zero-order valence-electron chi connectivity index (χ0n) is 22.4. The van der Waals surface area contributed by atoms with E-state index in [1.54, 1.807) is 4.81 Å². The minimum absolute atomic E-state index is 0.562. The summed E-state index contributed by atoms with van der Waals surface area (Å²) in [4.78, 5) is 1.57. The van der Waals surface area contributed by atoms with Crippen molar-refractivity contribution in [1.29, 1.82) is 0 Å². The molecule has 41 heavy (non-hydrogen) atoms. The van der Waals surface area contributed by atoms with Gasteiger partial charge < -0.3 is 14.9 Å². The van der Waals surface area contributed by atoms with E-state index in [-0.39, 0.29) is 0 Å². The van der Waals surface area contributed by atoms with Crippen LogP contribution in [0.5, 0.6) is 0 Å². The fourth-order valence-electron chi connectivity index (χ4n) is 6.44. The van der Waals surface area contributed by atoms with Crippen molar-refractivity contribution in [1.82, 2.24) is 0 Å². The molecule has 0 spiro atoms. The van der Waals surface area contributed by atoms with E-state index in [0.717, 1.165) is 33.4 Å². The highest BCUT2D eigenvalue weighted by Gasteiger charge is 2.46. The van der Waals surface area contributed by atoms with Crippen LogP contribution in [0.4, 0.5) is 11.4 Å². The Morgan fingerprint density at radius 3 is 1.54 bits per heavy atom. The van der Waals surface area contributed by atoms with Crippen LogP contribution in [0, 0.1) is 0 Å². The minimum Gasteiger partial charge on any atom is -0.407 e. The van der Waals surface area contributed by atoms with E-state index in [2.05, 4.69) is 97.1 Å². The van der Waals surface area contributed by atoms with Crippen molar-refractivity contribution in [2.75, 3.05) is 4.81 Å². The summed E-state index contributed by atoms with van der Waals surface area (Å²) in [5.74, 6) is 0. The number of hydrogen-bond acceptors (Lipinski definition) is 3. The number of hydrogen-bond donors (Lipinski definition) is 2. The Bertz CT molecular complexity index is 1760. The predicted octanol–water partition coefficient (Wildman–Crippen LogP) is 7.82. The molecule has 2 N–H and O–H groups in total. The van der Waals surface area contributed by atoms with E-state index in [4.69, 9.17) is 0 Å². The van der Waals surface area contributed by atoms with Crippen LogP contribution in [-0.2, 0) is 5.41 Å². The van der Waals surface area contributed by atoms with Crippen molar-refractivity contribution in [3.8, 4) is 22.3 Å². The third kappa shape index (κ3) is 4.08. The molecule has 6 aromatic rings. The highest BCUT2D eigenvalue weighted by atomic mass is 16.4. The first-order chi connectivity index (χ1) is 20.2. The Labute approximate surface area is 240 Å². The summed E-state index contributed by atoms with van der Waals surface area (Å²) in [6.45, 7) is 0. The molecule has 0 aliphatic heterocycles. The Hall–Kier alpha value is -4.90. The highest BCUT2D eigenvalue weighted by Crippen LogP contribution is 2.56. The molecule has 0 radical (unpaired) electrons. The van der Waals surface area contributed by atoms with Gasteiger partial charge in [-0.05, 0) is 68.8 Å². The first-order valence-electron chi connectivity index (χ1n) is 13.8. The van der Waals surface area contributed by atoms with Gasteiger partial charge in [-0.2, -0.15) is 0 Å². The topological polar surface area (TPSA) is 43.7 Å². The standard InChI is InChI=1S/C37H28BNO2/c40-38(41)39(31-22-20-28(21-23-31)27-12-4-1-5-13-27)32-24-25-34-33-18-10-11-19-35(33)37(36(34)26-32,29-14-6-2-7-15-29)30-16-8-3-9-17-30/h1-26,40-41H. The van der Waals surface area contributed by atoms with Crippen LogP contribution in [0.15, 0.2) is 158 Å². The maximum Gasteiger partial charge on any atom is 0.592 e. The third-order valence-corrected chi connectivity index (χ3v) is 8.20. The molecule has 1 aliphatic carbocycles. The van der Waals surface area contributed by atoms with Gasteiger partial charge in [0.05, 0.1) is 5.41 Å². The van der Waals surface area contributed by atoms with Crippen LogP contribution in [0.3, 0.4) is 0 Å². The van der Waals surface area contributed by atoms with Gasteiger partial charge in [0.1, 0.15) is 0 Å². The van der Waals surface area contributed by atoms with E-state index in [9.17, 15) is 10.0 Å². The summed E-state index contributed by atoms with van der Waals surface area (Å²) in [5.41, 5.74) is 10.0. The van der Waals surface area contributed by atoms with Crippen molar-refractivity contribution >= 4 is 18.6 Å². The van der Waals surface area contributed by atoms with Gasteiger partial charge in [-0.15, -0.1) is 0 Å². The van der Waals surface area contributed by atoms with Gasteiger partial charge in [-0.3, -0.25) is 0 Å². The molecule has 0 fully saturated rings. The smallest absolute Gasteiger partial charge is 0.407 e. The van der Waals surface area contributed by atoms with E-state index < -0.39 is 12.7 Å². The molecule has 0 saturated heterocycles. The van der Waals surface area contributed by atoms with E-state index in [0.29, 0.717) is 11.4 Å². The quantitative estimate of drug-likeness (QED) is 0.216. The second kappa shape index (κ2) is 10.3. The normalized spacial score (nSPS) is 12.8. The van der Waals surface area contributed by atoms with E-state index in [1.807, 2.05) is 60.7 Å². The van der Waals surface area contributed by atoms with Crippen molar-refractivity contribution < 1.29 is 10.0 Å². The first kappa shape index (κ1) is 25.1. The Morgan fingerprint density at radius 2 is 0.927 bits per heavy atom. The Morgan fingerprint density at radius 1 is 0.439 bits per heavy atom. The molecule has 0 unspecified atom stereocenters. The molecule has 0 atom stereocenters. The second-order valence-corrected chi connectivity index (χ2v) is 10.4. The number of anilines is 2. The zero-order valence-corrected chi connectivity index (χ0v) is 22.4. The molecule has 4 heteroatoms. The molecule has 196 valence electrons. The summed E-state index contributed by atoms with van der Waals surface area (Å²) < 4.78 is 0. The van der Waals surface area contributed by atoms with Crippen molar-refractivity contribution in [3.63, 3.8) is 0 Å². The van der Waals surface area contributed by atoms with Gasteiger partial charge in [0.25, 0.3) is 0 Å². The fourth-order valence-corrected chi connectivity index (χ4v) is 6.44. The SMILES string of the molecule is OB(O)N(c1ccc(-c2ccccc2)cc1)c1ccc2c(c1)C(c1ccccc1)(c1ccccc1)c1ccccc1-2. The first-order valence-corrected chi connectivity index (χ1v) is 13.8. The lowest BCUT2D eigenvalue weighted by atomic mass is 9.67. The van der Waals surface area contributed by atoms with Crippen LogP contribution < -0.4 is 4.81 Å². The largest absolute Gasteiger partial charge is 0.592 e. The minimum atomic E-state index is -1.72. The zero-order chi connectivity index (χ0) is 27.8. The summed E-state index contributed by atoms with van der Waals surface area (Å²) >= 11 is 0. The average Bonchev–Trinajstić information content (AvgIpc) is 3.33. The monoisotopic (exact) mass is 529 g/mol. The molecule has 1 aliphatic rings. The van der Waals surface area contributed by atoms with Crippen molar-refractivity contribution in [3.05, 3.63) is 180 Å². The molecule has 0 heterocycles. The lowest BCUT2D eigenvalue weighted by Gasteiger charge is -2.34. The second-order valence-electron chi connectivity index (χ2n) is 10.4. The molecule has 0 amide bonds. The number of fused-ring (bicyclic) bond motifs is 3. The van der Waals surface area contributed by atoms with Gasteiger partial charge in [-0.25, -0.2) is 0 Å². The highest BCUT2D eigenvalue weighted by molar-refractivity contribution is 6.49. The van der Waals surface area contributed by atoms with Crippen LogP contribution in [-0.4, -0.2) is 17.3 Å². The van der Waals surface area contributed by atoms with Crippen molar-refractivity contribution in [2.45, 2.75) is 5.41 Å². The van der Waals surface area contributed by atoms with Gasteiger partial charge >= 0.3 is 7.25 Å². The van der Waals surface area contributed by atoms with E-state index in [1.165, 1.54) is 11.1 Å². The molecular formula is C37H28BNO2. The maximum absolute atomic E-state index is 10.7. The summed E-state index contributed by atoms with van der Waals surface area (Å²) in [6, 6.07) is 54.1. The van der Waals surface area contributed by atoms with Crippen LogP contribution in [0.1, 0.15) is 22.3 Å². The van der Waals surface area contributed by atoms with Crippen LogP contribution in [0.25, 0.3) is 22.3 Å². The number of benzene rings is 6. The lowest BCUT2D eigenvalue weighted by molar-refractivity contribution is 0.407. The van der Waals surface area contributed by atoms with Crippen LogP contribution in [0.2, 0.25) is 0 Å².